The average Bonchev–Trinajstić information content (AvgIpc) is 2.64. The van der Waals surface area contributed by atoms with Gasteiger partial charge >= 0.3 is 0 Å². The maximum atomic E-state index is 5.43. The van der Waals surface area contributed by atoms with E-state index in [0.29, 0.717) is 6.54 Å². The minimum Gasteiger partial charge on any atom is -0.454 e. The fourth-order valence-electron chi connectivity index (χ4n) is 1.21. The Balaban J connectivity index is 1.96. The van der Waals surface area contributed by atoms with Gasteiger partial charge in [0.15, 0.2) is 3.77 Å². The number of halogens is 1. The van der Waals surface area contributed by atoms with Gasteiger partial charge in [-0.2, -0.15) is 0 Å². The summed E-state index contributed by atoms with van der Waals surface area (Å²) in [6.45, 7) is 2.66. The largest absolute Gasteiger partial charge is 0.454 e. The highest BCUT2D eigenvalue weighted by atomic mass is 127. The highest BCUT2D eigenvalue weighted by molar-refractivity contribution is 14.1. The van der Waals surface area contributed by atoms with Gasteiger partial charge in [-0.15, -0.1) is 0 Å². The van der Waals surface area contributed by atoms with E-state index in [1.165, 1.54) is 0 Å². The molecule has 0 amide bonds. The van der Waals surface area contributed by atoms with E-state index in [4.69, 9.17) is 4.42 Å². The third-order valence-corrected chi connectivity index (χ3v) is 2.59. The lowest BCUT2D eigenvalue weighted by atomic mass is 10.3. The zero-order valence-corrected chi connectivity index (χ0v) is 10.5. The molecule has 78 valence electrons. The number of rotatable bonds is 3. The molecule has 2 heterocycles. The van der Waals surface area contributed by atoms with E-state index < -0.39 is 0 Å². The van der Waals surface area contributed by atoms with Crippen molar-refractivity contribution in [2.24, 2.45) is 0 Å². The minimum absolute atomic E-state index is 0.688. The molecular formula is C11H11IN2O. The number of aryl methyl sites for hydroxylation is 1. The highest BCUT2D eigenvalue weighted by Gasteiger charge is 1.99. The van der Waals surface area contributed by atoms with Gasteiger partial charge in [-0.3, -0.25) is 4.98 Å². The monoisotopic (exact) mass is 314 g/mol. The number of hydrogen-bond donors (Lipinski definition) is 1. The summed E-state index contributed by atoms with van der Waals surface area (Å²) < 4.78 is 6.34. The number of anilines is 1. The van der Waals surface area contributed by atoms with Crippen molar-refractivity contribution in [1.82, 2.24) is 4.98 Å². The Bertz CT molecular complexity index is 436. The predicted molar refractivity (Wildman–Crippen MR) is 67.7 cm³/mol. The van der Waals surface area contributed by atoms with Crippen LogP contribution in [0.3, 0.4) is 0 Å². The molecule has 0 atom stereocenters. The Morgan fingerprint density at radius 3 is 2.80 bits per heavy atom. The molecule has 1 N–H and O–H groups in total. The molecule has 2 rings (SSSR count). The van der Waals surface area contributed by atoms with Crippen LogP contribution in [0.2, 0.25) is 0 Å². The van der Waals surface area contributed by atoms with Gasteiger partial charge in [0.05, 0.1) is 18.4 Å². The Labute approximate surface area is 102 Å². The molecule has 15 heavy (non-hydrogen) atoms. The molecule has 2 aromatic heterocycles. The van der Waals surface area contributed by atoms with Gasteiger partial charge in [-0.1, -0.05) is 0 Å². The van der Waals surface area contributed by atoms with Gasteiger partial charge in [0, 0.05) is 5.69 Å². The van der Waals surface area contributed by atoms with Crippen molar-refractivity contribution >= 4 is 28.3 Å². The Hall–Kier alpha value is -1.04. The van der Waals surface area contributed by atoms with Crippen molar-refractivity contribution in [3.8, 4) is 0 Å². The summed E-state index contributed by atoms with van der Waals surface area (Å²) in [6.07, 6.45) is 1.82. The Morgan fingerprint density at radius 1 is 1.33 bits per heavy atom. The van der Waals surface area contributed by atoms with Crippen LogP contribution in [0.15, 0.2) is 34.9 Å². The van der Waals surface area contributed by atoms with Crippen molar-refractivity contribution in [3.63, 3.8) is 0 Å². The van der Waals surface area contributed by atoms with Gasteiger partial charge in [0.2, 0.25) is 0 Å². The molecule has 0 spiro atoms. The third-order valence-electron chi connectivity index (χ3n) is 2.01. The predicted octanol–water partition coefficient (Wildman–Crippen LogP) is 3.20. The fraction of sp³-hybridized carbons (Fsp3) is 0.182. The standard InChI is InChI=1S/C11H11IN2O/c1-8-2-3-9(6-13-8)14-7-10-4-5-11(12)15-10/h2-6,14H,7H2,1H3. The molecule has 0 aliphatic carbocycles. The number of furan rings is 1. The second-order valence-electron chi connectivity index (χ2n) is 3.25. The second kappa shape index (κ2) is 4.65. The SMILES string of the molecule is Cc1ccc(NCc2ccc(I)o2)cn1. The molecule has 0 unspecified atom stereocenters. The normalized spacial score (nSPS) is 10.3. The van der Waals surface area contributed by atoms with E-state index in [-0.39, 0.29) is 0 Å². The first kappa shape index (κ1) is 10.5. The summed E-state index contributed by atoms with van der Waals surface area (Å²) in [4.78, 5) is 4.20. The molecule has 0 fully saturated rings. The van der Waals surface area contributed by atoms with Crippen LogP contribution in [0.25, 0.3) is 0 Å². The number of nitrogens with zero attached hydrogens (tertiary/aromatic N) is 1. The molecule has 2 aromatic rings. The molecule has 0 bridgehead atoms. The van der Waals surface area contributed by atoms with Crippen LogP contribution in [0.5, 0.6) is 0 Å². The van der Waals surface area contributed by atoms with E-state index in [0.717, 1.165) is 20.9 Å². The van der Waals surface area contributed by atoms with E-state index >= 15 is 0 Å². The van der Waals surface area contributed by atoms with Crippen molar-refractivity contribution in [2.75, 3.05) is 5.32 Å². The molecule has 4 heteroatoms. The van der Waals surface area contributed by atoms with Crippen LogP contribution >= 0.6 is 22.6 Å². The molecule has 0 aliphatic heterocycles. The van der Waals surface area contributed by atoms with E-state index in [1.807, 2.05) is 37.4 Å². The van der Waals surface area contributed by atoms with Gasteiger partial charge in [0.25, 0.3) is 0 Å². The number of aromatic nitrogens is 1. The first-order valence-corrected chi connectivity index (χ1v) is 5.72. The Kier molecular flexibility index (Phi) is 3.25. The smallest absolute Gasteiger partial charge is 0.164 e. The average molecular weight is 314 g/mol. The van der Waals surface area contributed by atoms with Crippen molar-refractivity contribution in [1.29, 1.82) is 0 Å². The summed E-state index contributed by atoms with van der Waals surface area (Å²) in [5.74, 6) is 0.931. The zero-order valence-electron chi connectivity index (χ0n) is 8.33. The zero-order chi connectivity index (χ0) is 10.7. The van der Waals surface area contributed by atoms with Crippen LogP contribution < -0.4 is 5.32 Å². The fourth-order valence-corrected chi connectivity index (χ4v) is 1.67. The molecule has 0 saturated carbocycles. The third kappa shape index (κ3) is 2.95. The van der Waals surface area contributed by atoms with Crippen molar-refractivity contribution < 1.29 is 4.42 Å². The quantitative estimate of drug-likeness (QED) is 0.884. The molecule has 0 saturated heterocycles. The first-order valence-electron chi connectivity index (χ1n) is 4.65. The minimum atomic E-state index is 0.688. The van der Waals surface area contributed by atoms with Crippen molar-refractivity contribution in [2.45, 2.75) is 13.5 Å². The second-order valence-corrected chi connectivity index (χ2v) is 4.31. The number of pyridine rings is 1. The molecule has 0 aliphatic rings. The van der Waals surface area contributed by atoms with Crippen LogP contribution in [0.1, 0.15) is 11.5 Å². The topological polar surface area (TPSA) is 38.1 Å². The van der Waals surface area contributed by atoms with E-state index in [2.05, 4.69) is 32.9 Å². The van der Waals surface area contributed by atoms with Crippen LogP contribution in [-0.4, -0.2) is 4.98 Å². The molecule has 0 radical (unpaired) electrons. The van der Waals surface area contributed by atoms with Gasteiger partial charge in [-0.05, 0) is 53.8 Å². The lowest BCUT2D eigenvalue weighted by Crippen LogP contribution is -1.98. The summed E-state index contributed by atoms with van der Waals surface area (Å²) in [5.41, 5.74) is 2.03. The summed E-state index contributed by atoms with van der Waals surface area (Å²) in [7, 11) is 0. The number of hydrogen-bond acceptors (Lipinski definition) is 3. The van der Waals surface area contributed by atoms with Gasteiger partial charge < -0.3 is 9.73 Å². The van der Waals surface area contributed by atoms with Crippen LogP contribution in [0.4, 0.5) is 5.69 Å². The molecule has 3 nitrogen and oxygen atoms in total. The van der Waals surface area contributed by atoms with E-state index in [9.17, 15) is 0 Å². The highest BCUT2D eigenvalue weighted by Crippen LogP contribution is 2.12. The van der Waals surface area contributed by atoms with E-state index in [1.54, 1.807) is 0 Å². The van der Waals surface area contributed by atoms with Gasteiger partial charge in [0.1, 0.15) is 5.76 Å². The molecule has 0 aromatic carbocycles. The first-order chi connectivity index (χ1) is 7.24. The lowest BCUT2D eigenvalue weighted by Gasteiger charge is -2.03. The maximum absolute atomic E-state index is 5.43. The lowest BCUT2D eigenvalue weighted by molar-refractivity contribution is 0.493. The summed E-state index contributed by atoms with van der Waals surface area (Å²) in [6, 6.07) is 7.91. The molecular weight excluding hydrogens is 303 g/mol. The Morgan fingerprint density at radius 2 is 2.20 bits per heavy atom. The maximum Gasteiger partial charge on any atom is 0.164 e. The summed E-state index contributed by atoms with van der Waals surface area (Å²) in [5, 5.41) is 3.24. The van der Waals surface area contributed by atoms with Crippen LogP contribution in [0, 0.1) is 10.7 Å². The van der Waals surface area contributed by atoms with Crippen LogP contribution in [-0.2, 0) is 6.54 Å². The summed E-state index contributed by atoms with van der Waals surface area (Å²) >= 11 is 2.15. The van der Waals surface area contributed by atoms with Crippen molar-refractivity contribution in [3.05, 3.63) is 45.7 Å². The van der Waals surface area contributed by atoms with Gasteiger partial charge in [-0.25, -0.2) is 0 Å². The number of nitrogens with one attached hydrogen (secondary N) is 1.